The lowest BCUT2D eigenvalue weighted by molar-refractivity contribution is -0.0699. The highest BCUT2D eigenvalue weighted by molar-refractivity contribution is 6.31. The van der Waals surface area contributed by atoms with E-state index in [1.54, 1.807) is 13.0 Å². The molecule has 1 aromatic heterocycles. The molecule has 0 saturated carbocycles. The van der Waals surface area contributed by atoms with Crippen molar-refractivity contribution in [3.63, 3.8) is 0 Å². The summed E-state index contributed by atoms with van der Waals surface area (Å²) in [6.07, 6.45) is 0.862. The van der Waals surface area contributed by atoms with Gasteiger partial charge in [0.2, 0.25) is 0 Å². The Hall–Kier alpha value is -1.17. The van der Waals surface area contributed by atoms with E-state index in [4.69, 9.17) is 21.1 Å². The molecule has 0 aliphatic carbocycles. The van der Waals surface area contributed by atoms with E-state index in [0.29, 0.717) is 23.4 Å². The molecule has 0 spiro atoms. The van der Waals surface area contributed by atoms with Crippen LogP contribution in [0.2, 0.25) is 5.02 Å². The molecule has 0 aromatic carbocycles. The summed E-state index contributed by atoms with van der Waals surface area (Å²) < 4.78 is 10.2. The van der Waals surface area contributed by atoms with Crippen LogP contribution in [-0.4, -0.2) is 48.3 Å². The molecule has 3 heterocycles. The van der Waals surface area contributed by atoms with E-state index in [-0.39, 0.29) is 0 Å². The number of carbonyl (C=O) groups excluding carboxylic acids is 1. The second-order valence-electron chi connectivity index (χ2n) is 5.05. The molecule has 20 heavy (non-hydrogen) atoms. The number of nitrogens with zero attached hydrogens (tertiary/aromatic N) is 2. The molecule has 108 valence electrons. The van der Waals surface area contributed by atoms with Crippen molar-refractivity contribution in [3.05, 3.63) is 28.0 Å². The fourth-order valence-corrected chi connectivity index (χ4v) is 2.87. The molecule has 0 unspecified atom stereocenters. The van der Waals surface area contributed by atoms with Gasteiger partial charge in [-0.2, -0.15) is 0 Å². The number of pyridine rings is 1. The van der Waals surface area contributed by atoms with Gasteiger partial charge in [-0.05, 0) is 25.0 Å². The minimum absolute atomic E-state index is 0.294. The van der Waals surface area contributed by atoms with E-state index in [1.807, 2.05) is 0 Å². The number of halogens is 1. The van der Waals surface area contributed by atoms with Crippen LogP contribution in [0.1, 0.15) is 28.7 Å². The Morgan fingerprint density at radius 3 is 3.05 bits per heavy atom. The highest BCUT2D eigenvalue weighted by Crippen LogP contribution is 2.28. The highest BCUT2D eigenvalue weighted by atomic mass is 35.5. The third-order valence-electron chi connectivity index (χ3n) is 3.78. The highest BCUT2D eigenvalue weighted by Gasteiger charge is 2.30. The number of aromatic nitrogens is 1. The first kappa shape index (κ1) is 13.8. The first-order chi connectivity index (χ1) is 9.69. The maximum absolute atomic E-state index is 11.8. The van der Waals surface area contributed by atoms with E-state index in [1.165, 1.54) is 0 Å². The Kier molecular flexibility index (Phi) is 3.92. The summed E-state index contributed by atoms with van der Waals surface area (Å²) in [7, 11) is 0. The van der Waals surface area contributed by atoms with Gasteiger partial charge in [-0.1, -0.05) is 11.6 Å². The Labute approximate surface area is 122 Å². The Morgan fingerprint density at radius 1 is 1.60 bits per heavy atom. The van der Waals surface area contributed by atoms with Crippen molar-refractivity contribution < 1.29 is 14.3 Å². The third kappa shape index (κ3) is 2.53. The summed E-state index contributed by atoms with van der Waals surface area (Å²) >= 11 is 6.28. The lowest BCUT2D eigenvalue weighted by Crippen LogP contribution is -2.50. The van der Waals surface area contributed by atoms with Crippen molar-refractivity contribution in [1.29, 1.82) is 0 Å². The molecular formula is C14H17ClN2O3. The first-order valence-electron chi connectivity index (χ1n) is 6.86. The molecule has 1 saturated heterocycles. The molecule has 2 aliphatic heterocycles. The van der Waals surface area contributed by atoms with Gasteiger partial charge in [-0.3, -0.25) is 4.90 Å². The predicted molar refractivity (Wildman–Crippen MR) is 73.9 cm³/mol. The number of esters is 1. The van der Waals surface area contributed by atoms with Crippen LogP contribution in [0.4, 0.5) is 0 Å². The number of hydrogen-bond donors (Lipinski definition) is 0. The minimum Gasteiger partial charge on any atom is -0.461 e. The molecule has 1 fully saturated rings. The fourth-order valence-electron chi connectivity index (χ4n) is 2.57. The molecule has 2 aliphatic rings. The number of fused-ring (bicyclic) bond motifs is 1. The van der Waals surface area contributed by atoms with E-state index in [2.05, 4.69) is 9.88 Å². The van der Waals surface area contributed by atoms with Gasteiger partial charge in [0.05, 0.1) is 31.6 Å². The van der Waals surface area contributed by atoms with Crippen molar-refractivity contribution in [2.75, 3.05) is 26.4 Å². The number of ether oxygens (including phenoxy) is 2. The quantitative estimate of drug-likeness (QED) is 0.794. The van der Waals surface area contributed by atoms with Crippen molar-refractivity contribution >= 4 is 17.6 Å². The van der Waals surface area contributed by atoms with Crippen LogP contribution in [0.15, 0.2) is 6.07 Å². The van der Waals surface area contributed by atoms with Crippen LogP contribution in [0.25, 0.3) is 0 Å². The largest absolute Gasteiger partial charge is 0.461 e. The summed E-state index contributed by atoms with van der Waals surface area (Å²) in [6.45, 7) is 5.34. The van der Waals surface area contributed by atoms with Crippen LogP contribution in [0, 0.1) is 0 Å². The smallest absolute Gasteiger partial charge is 0.356 e. The minimum atomic E-state index is -0.415. The standard InChI is InChI=1S/C14H17ClN2O3/c1-2-20-14(18)12-5-11(15)10-3-4-17(6-13(10)16-12)9-7-19-8-9/h5,9H,2-4,6-8H2,1H3. The number of rotatable bonds is 3. The molecule has 0 atom stereocenters. The molecule has 0 N–H and O–H groups in total. The zero-order valence-electron chi connectivity index (χ0n) is 11.4. The summed E-state index contributed by atoms with van der Waals surface area (Å²) in [5.74, 6) is -0.415. The monoisotopic (exact) mass is 296 g/mol. The zero-order valence-corrected chi connectivity index (χ0v) is 12.2. The van der Waals surface area contributed by atoms with Gasteiger partial charge in [0.25, 0.3) is 0 Å². The van der Waals surface area contributed by atoms with Crippen molar-refractivity contribution in [3.8, 4) is 0 Å². The molecule has 1 aromatic rings. The number of hydrogen-bond acceptors (Lipinski definition) is 5. The average molecular weight is 297 g/mol. The topological polar surface area (TPSA) is 51.7 Å². The van der Waals surface area contributed by atoms with E-state index < -0.39 is 5.97 Å². The van der Waals surface area contributed by atoms with Gasteiger partial charge in [0, 0.05) is 18.1 Å². The van der Waals surface area contributed by atoms with E-state index >= 15 is 0 Å². The van der Waals surface area contributed by atoms with Gasteiger partial charge in [0.15, 0.2) is 0 Å². The van der Waals surface area contributed by atoms with Crippen molar-refractivity contribution in [2.24, 2.45) is 0 Å². The van der Waals surface area contributed by atoms with Gasteiger partial charge < -0.3 is 9.47 Å². The van der Waals surface area contributed by atoms with Crippen LogP contribution in [0.5, 0.6) is 0 Å². The lowest BCUT2D eigenvalue weighted by atomic mass is 10.0. The normalized spacial score (nSPS) is 19.3. The Balaban J connectivity index is 1.85. The summed E-state index contributed by atoms with van der Waals surface area (Å²) in [5, 5.41) is 0.613. The van der Waals surface area contributed by atoms with Crippen molar-refractivity contribution in [2.45, 2.75) is 25.9 Å². The molecule has 0 bridgehead atoms. The predicted octanol–water partition coefficient (Wildman–Crippen LogP) is 1.67. The molecule has 5 nitrogen and oxygen atoms in total. The second kappa shape index (κ2) is 5.68. The molecule has 0 amide bonds. The van der Waals surface area contributed by atoms with Gasteiger partial charge in [-0.25, -0.2) is 9.78 Å². The van der Waals surface area contributed by atoms with Crippen LogP contribution < -0.4 is 0 Å². The third-order valence-corrected chi connectivity index (χ3v) is 4.12. The molecule has 3 rings (SSSR count). The average Bonchev–Trinajstić information content (AvgIpc) is 2.36. The molecular weight excluding hydrogens is 280 g/mol. The van der Waals surface area contributed by atoms with Crippen LogP contribution in [-0.2, 0) is 22.4 Å². The zero-order chi connectivity index (χ0) is 14.1. The number of carbonyl (C=O) groups is 1. The van der Waals surface area contributed by atoms with E-state index in [9.17, 15) is 4.79 Å². The van der Waals surface area contributed by atoms with Crippen LogP contribution in [0.3, 0.4) is 0 Å². The second-order valence-corrected chi connectivity index (χ2v) is 5.45. The summed E-state index contributed by atoms with van der Waals surface area (Å²) in [6, 6.07) is 2.08. The van der Waals surface area contributed by atoms with Gasteiger partial charge >= 0.3 is 5.97 Å². The summed E-state index contributed by atoms with van der Waals surface area (Å²) in [5.41, 5.74) is 2.23. The summed E-state index contributed by atoms with van der Waals surface area (Å²) in [4.78, 5) is 18.6. The maximum Gasteiger partial charge on any atom is 0.356 e. The van der Waals surface area contributed by atoms with E-state index in [0.717, 1.165) is 44.0 Å². The van der Waals surface area contributed by atoms with Crippen molar-refractivity contribution in [1.82, 2.24) is 9.88 Å². The molecule has 6 heteroatoms. The maximum atomic E-state index is 11.8. The SMILES string of the molecule is CCOC(=O)c1cc(Cl)c2c(n1)CN(C1COC1)CC2. The first-order valence-corrected chi connectivity index (χ1v) is 7.24. The van der Waals surface area contributed by atoms with Gasteiger partial charge in [-0.15, -0.1) is 0 Å². The lowest BCUT2D eigenvalue weighted by Gasteiger charge is -2.39. The van der Waals surface area contributed by atoms with Gasteiger partial charge in [0.1, 0.15) is 5.69 Å². The Bertz CT molecular complexity index is 531. The molecule has 0 radical (unpaired) electrons. The Morgan fingerprint density at radius 2 is 2.40 bits per heavy atom. The van der Waals surface area contributed by atoms with Crippen LogP contribution >= 0.6 is 11.6 Å². The fraction of sp³-hybridized carbons (Fsp3) is 0.571.